The van der Waals surface area contributed by atoms with Gasteiger partial charge in [-0.25, -0.2) is 87.8 Å². The van der Waals surface area contributed by atoms with Gasteiger partial charge in [0.25, 0.3) is 20.1 Å². The van der Waals surface area contributed by atoms with Crippen LogP contribution in [0.15, 0.2) is 279 Å². The first kappa shape index (κ1) is 94.9. The lowest BCUT2D eigenvalue weighted by atomic mass is 9.30. The number of halogens is 20. The van der Waals surface area contributed by atoms with Crippen LogP contribution in [-0.2, 0) is 5.41 Å². The first-order chi connectivity index (χ1) is 71.3. The van der Waals surface area contributed by atoms with Crippen molar-refractivity contribution in [2.45, 2.75) is 53.9 Å². The zero-order valence-corrected chi connectivity index (χ0v) is 80.4. The van der Waals surface area contributed by atoms with E-state index in [2.05, 4.69) is 6.58 Å². The number of rotatable bonds is 15. The summed E-state index contributed by atoms with van der Waals surface area (Å²) in [6.07, 6.45) is 3.40. The van der Waals surface area contributed by atoms with Crippen molar-refractivity contribution in [3.05, 3.63) is 411 Å². The number of allylic oxidation sites excluding steroid dienone is 2. The minimum absolute atomic E-state index is 0.0170. The standard InChI is InChI=1S/C115H68B3F20N7O2S2/c1-54(114(3,4)5)39-41-95-55(2)100-112(148-95)117-62-50-61-85(52-86(62)142(107-77(131)31-15-32-78(107)132)88-44-57(45-89(97(88)117)145(100)110-83(137)37-18-38-84(110)138)139(101-65(119)19-9-20-66(101)120)102-67(121)21-10-22-68(102)122)143(108-79(133)33-16-34-80(108)134)90-46-58(140(103-69(123)23-11-24-70(103)124)104-71(125)25-12-26-72(104)126)48-93-98(90)116(61)64-51-63-87(53-92(64)146-93)144(109-81(135)35-17-36-82(109)136)91-47-59(141(105-73(127)27-13-28-74(105)128)106-75(129)29-14-30-76(106)130)49-94-99(91)118(63)113-111(147-94)60-43-56(115(6,7)8)40-42-96(60)149-113/h9-53H,1H2,2-8H3/b41-39-. The van der Waals surface area contributed by atoms with Gasteiger partial charge in [0.1, 0.15) is 196 Å². The van der Waals surface area contributed by atoms with Crippen LogP contribution in [-0.4, -0.2) is 20.1 Å². The summed E-state index contributed by atoms with van der Waals surface area (Å²) in [5.41, 5.74) is -15.4. The van der Waals surface area contributed by atoms with E-state index in [9.17, 15) is 0 Å². The molecule has 0 saturated carbocycles. The van der Waals surface area contributed by atoms with Gasteiger partial charge in [0.2, 0.25) is 0 Å². The fourth-order valence-electron chi connectivity index (χ4n) is 21.4. The second-order valence-electron chi connectivity index (χ2n) is 38.8. The van der Waals surface area contributed by atoms with E-state index in [1.54, 1.807) is 25.1 Å². The smallest absolute Gasteiger partial charge is 0.268 e. The van der Waals surface area contributed by atoms with Crippen molar-refractivity contribution in [3.63, 3.8) is 0 Å². The summed E-state index contributed by atoms with van der Waals surface area (Å²) in [4.78, 5) is 6.05. The Morgan fingerprint density at radius 3 is 0.980 bits per heavy atom. The summed E-state index contributed by atoms with van der Waals surface area (Å²) < 4.78 is 373. The third-order valence-electron chi connectivity index (χ3n) is 28.1. The molecule has 8 heterocycles. The lowest BCUT2D eigenvalue weighted by Gasteiger charge is -2.46. The van der Waals surface area contributed by atoms with E-state index in [0.29, 0.717) is 40.0 Å². The highest BCUT2D eigenvalue weighted by atomic mass is 32.1. The number of anilines is 21. The fraction of sp³-hybridized carbons (Fsp3) is 0.0783. The van der Waals surface area contributed by atoms with Crippen molar-refractivity contribution in [2.75, 3.05) is 34.3 Å². The molecule has 0 saturated heterocycles. The molecule has 149 heavy (non-hydrogen) atoms. The molecule has 16 aromatic carbocycles. The van der Waals surface area contributed by atoms with Crippen LogP contribution in [0.3, 0.4) is 0 Å². The van der Waals surface area contributed by atoms with Crippen LogP contribution in [0.25, 0.3) is 16.2 Å². The maximum atomic E-state index is 18.7. The van der Waals surface area contributed by atoms with Gasteiger partial charge in [-0.2, -0.15) is 0 Å². The molecular formula is C115H68B3F20N7O2S2. The molecule has 0 aliphatic carbocycles. The first-order valence-electron chi connectivity index (χ1n) is 46.7. The summed E-state index contributed by atoms with van der Waals surface area (Å²) in [7, 11) is 0. The van der Waals surface area contributed by atoms with E-state index in [1.165, 1.54) is 41.7 Å². The van der Waals surface area contributed by atoms with Gasteiger partial charge < -0.3 is 29.1 Å². The van der Waals surface area contributed by atoms with Crippen molar-refractivity contribution in [1.29, 1.82) is 0 Å². The molecule has 736 valence electrons. The summed E-state index contributed by atoms with van der Waals surface area (Å²) in [5.74, 6) is -28.9. The molecule has 0 atom stereocenters. The zero-order chi connectivity index (χ0) is 104. The van der Waals surface area contributed by atoms with Crippen LogP contribution in [0.1, 0.15) is 57.5 Å². The van der Waals surface area contributed by atoms with Crippen molar-refractivity contribution in [3.8, 4) is 23.0 Å². The Labute approximate surface area is 846 Å². The molecule has 6 aliphatic rings. The Hall–Kier alpha value is -16.3. The van der Waals surface area contributed by atoms with Gasteiger partial charge in [0.05, 0.1) is 22.7 Å². The normalized spacial score (nSPS) is 13.3. The molecule has 6 aliphatic heterocycles. The highest BCUT2D eigenvalue weighted by Gasteiger charge is 2.55. The van der Waals surface area contributed by atoms with E-state index in [0.717, 1.165) is 243 Å². The first-order valence-corrected chi connectivity index (χ1v) is 48.3. The van der Waals surface area contributed by atoms with E-state index in [4.69, 9.17) is 9.47 Å². The molecule has 34 heteroatoms. The average Bonchev–Trinajstić information content (AvgIpc) is 1.38. The number of para-hydroxylation sites is 10. The number of hydrogen-bond acceptors (Lipinski definition) is 11. The van der Waals surface area contributed by atoms with E-state index in [-0.39, 0.29) is 82.9 Å². The van der Waals surface area contributed by atoms with Crippen molar-refractivity contribution in [2.24, 2.45) is 5.41 Å². The van der Waals surface area contributed by atoms with Crippen molar-refractivity contribution in [1.82, 2.24) is 0 Å². The Kier molecular flexibility index (Phi) is 22.1. The Morgan fingerprint density at radius 2 is 0.611 bits per heavy atom. The number of ether oxygens (including phenoxy) is 2. The van der Waals surface area contributed by atoms with Crippen LogP contribution in [0.5, 0.6) is 23.0 Å². The van der Waals surface area contributed by atoms with Crippen LogP contribution in [0, 0.1) is 129 Å². The quantitative estimate of drug-likeness (QED) is 0.0567. The molecule has 0 fully saturated rings. The van der Waals surface area contributed by atoms with Gasteiger partial charge in [-0.1, -0.05) is 133 Å². The maximum Gasteiger partial charge on any atom is 0.268 e. The summed E-state index contributed by atoms with van der Waals surface area (Å²) in [6.45, 7) is 12.9. The van der Waals surface area contributed by atoms with Gasteiger partial charge in [-0.3, -0.25) is 14.7 Å². The Balaban J connectivity index is 0.873. The van der Waals surface area contributed by atoms with E-state index < -0.39 is 255 Å². The molecule has 24 rings (SSSR count). The zero-order valence-electron chi connectivity index (χ0n) is 78.7. The van der Waals surface area contributed by atoms with Gasteiger partial charge in [0, 0.05) is 82.5 Å². The highest BCUT2D eigenvalue weighted by molar-refractivity contribution is 7.33. The largest absolute Gasteiger partial charge is 0.458 e. The molecule has 2 aromatic heterocycles. The van der Waals surface area contributed by atoms with Crippen LogP contribution in [0.4, 0.5) is 207 Å². The molecular weight excluding hydrogens is 1990 g/mol. The van der Waals surface area contributed by atoms with E-state index >= 15 is 87.8 Å². The third kappa shape index (κ3) is 14.6. The highest BCUT2D eigenvalue weighted by Crippen LogP contribution is 2.59. The van der Waals surface area contributed by atoms with Crippen LogP contribution < -0.4 is 91.6 Å². The molecule has 0 amide bonds. The number of benzene rings is 16. The Bertz CT molecular complexity index is 8600. The second kappa shape index (κ2) is 34.7. The van der Waals surface area contributed by atoms with Crippen LogP contribution >= 0.6 is 22.7 Å². The minimum atomic E-state index is -1.70. The van der Waals surface area contributed by atoms with Gasteiger partial charge in [-0.15, -0.1) is 22.7 Å². The minimum Gasteiger partial charge on any atom is -0.458 e. The number of thiophene rings is 2. The lowest BCUT2D eigenvalue weighted by Crippen LogP contribution is -2.65. The number of fused-ring (bicyclic) bond motifs is 14. The summed E-state index contributed by atoms with van der Waals surface area (Å²) in [6, 6.07) is 44.4. The Morgan fingerprint density at radius 1 is 0.302 bits per heavy atom. The molecule has 0 unspecified atom stereocenters. The third-order valence-corrected chi connectivity index (χ3v) is 30.7. The van der Waals surface area contributed by atoms with E-state index in [1.807, 2.05) is 59.7 Å². The maximum absolute atomic E-state index is 18.7. The summed E-state index contributed by atoms with van der Waals surface area (Å²) in [5, 5.41) is 0.464. The van der Waals surface area contributed by atoms with Crippen LogP contribution in [0.2, 0.25) is 0 Å². The molecule has 0 bridgehead atoms. The van der Waals surface area contributed by atoms with Gasteiger partial charge in [-0.05, 0) is 243 Å². The fourth-order valence-corrected chi connectivity index (χ4v) is 24.0. The molecule has 18 aromatic rings. The predicted octanol–water partition coefficient (Wildman–Crippen LogP) is 29.3. The lowest BCUT2D eigenvalue weighted by molar-refractivity contribution is 0.487. The molecule has 0 N–H and O–H groups in total. The molecule has 0 radical (unpaired) electrons. The van der Waals surface area contributed by atoms with Crippen molar-refractivity contribution < 1.29 is 97.3 Å². The number of hydrogen-bond donors (Lipinski definition) is 0. The van der Waals surface area contributed by atoms with Crippen molar-refractivity contribution >= 4 is 226 Å². The monoisotopic (exact) mass is 2060 g/mol. The van der Waals surface area contributed by atoms with Gasteiger partial charge in [0.15, 0.2) is 0 Å². The second-order valence-corrected chi connectivity index (χ2v) is 41.0. The number of nitrogens with zero attached hydrogens (tertiary/aromatic N) is 7. The predicted molar refractivity (Wildman–Crippen MR) is 550 cm³/mol. The topological polar surface area (TPSA) is 41.1 Å². The summed E-state index contributed by atoms with van der Waals surface area (Å²) >= 11 is 2.24. The molecule has 0 spiro atoms. The SMILES string of the molecule is C=C(/C=C\c1sc2c(c1C)N(c1c(F)cccc1F)c1cc(N(c3c(F)cccc3F)c3c(F)cccc3F)cc3c1B2c1cc2c(cc1N3c1c(F)cccc1F)N(c1c(F)cccc1F)c1cc(N(c3c(F)cccc3F)c3c(F)cccc3F)cc3c1B2c1cc2c(cc1O3)N(c1c(F)cccc1F)c1cc(N(c3c(F)cccc3F)c3c(F)cccc3F)cc3c1B2c1sc2ccc(C(C)(C)C)cc2c1O3)C(C)(C)C. The molecule has 9 nitrogen and oxygen atoms in total. The van der Waals surface area contributed by atoms with Gasteiger partial charge >= 0.3 is 0 Å². The average molecular weight is 2060 g/mol.